The maximum atomic E-state index is 13.1. The Hall–Kier alpha value is -5.07. The first kappa shape index (κ1) is 106. The summed E-state index contributed by atoms with van der Waals surface area (Å²) in [5.74, 6) is -0.514. The SMILES string of the molecule is C/C=C/[C@@H](O)[C@@H](C)COC(=O)NCCCNCCCCNCCCN.C/C=C/[C@@H](OC(=O)N(CCCN)CCCCNCCCN)[C@@H](C)COC(=O)N(CCCN)CCCCNCCCN.C/C=C/[C@@H](OC(=O)NCCCNCCCCNCCCN)[C@@H](C)COC(=O)NCCCNCCCCNCCCN. The molecular weight excluding hydrogens is 1370 g/mol. The molecule has 0 saturated heterocycles. The maximum Gasteiger partial charge on any atom is 0.410 e. The molecule has 26 N–H and O–H groups in total. The maximum absolute atomic E-state index is 13.1. The number of unbranched alkanes of at least 4 members (excludes halogenated alkanes) is 5. The number of alkyl carbamates (subject to hydrolysis) is 3. The Balaban J connectivity index is -0.00000156. The number of carbonyl (C=O) groups excluding carboxylic acids is 5. The van der Waals surface area contributed by atoms with Gasteiger partial charge in [0.05, 0.1) is 25.9 Å². The zero-order valence-corrected chi connectivity index (χ0v) is 67.9. The van der Waals surface area contributed by atoms with Gasteiger partial charge in [0, 0.05) is 63.6 Å². The summed E-state index contributed by atoms with van der Waals surface area (Å²) in [4.78, 5) is 65.3. The quantitative estimate of drug-likeness (QED) is 0.0233. The summed E-state index contributed by atoms with van der Waals surface area (Å²) in [6.07, 6.45) is 26.4. The van der Waals surface area contributed by atoms with Crippen LogP contribution < -0.4 is 98.6 Å². The molecule has 0 aromatic carbocycles. The van der Waals surface area contributed by atoms with Crippen LogP contribution in [-0.2, 0) is 23.7 Å². The van der Waals surface area contributed by atoms with Crippen molar-refractivity contribution in [2.75, 3.05) is 216 Å². The number of carbonyl (C=O) groups is 5. The van der Waals surface area contributed by atoms with Crippen molar-refractivity contribution in [1.29, 1.82) is 0 Å². The molecule has 0 aromatic heterocycles. The van der Waals surface area contributed by atoms with E-state index in [-0.39, 0.29) is 49.8 Å². The third-order valence-corrected chi connectivity index (χ3v) is 16.7. The Kier molecular flexibility index (Phi) is 84.2. The number of ether oxygens (including phenoxy) is 5. The van der Waals surface area contributed by atoms with Crippen LogP contribution in [0.3, 0.4) is 0 Å². The van der Waals surface area contributed by atoms with E-state index in [0.717, 1.165) is 240 Å². The fourth-order valence-electron chi connectivity index (χ4n) is 10.0. The number of hydrogen-bond acceptors (Lipinski definition) is 26. The van der Waals surface area contributed by atoms with E-state index in [9.17, 15) is 29.1 Å². The predicted molar refractivity (Wildman–Crippen MR) is 438 cm³/mol. The first-order chi connectivity index (χ1) is 52.1. The number of nitrogens with one attached hydrogen (secondary N) is 11. The van der Waals surface area contributed by atoms with Crippen molar-refractivity contribution < 1.29 is 52.8 Å². The van der Waals surface area contributed by atoms with Crippen LogP contribution in [0, 0.1) is 17.8 Å². The molecule has 107 heavy (non-hydrogen) atoms. The molecule has 0 aromatic rings. The lowest BCUT2D eigenvalue weighted by Crippen LogP contribution is -2.39. The molecular formula is C76H162N20O11. The third kappa shape index (κ3) is 74.8. The Morgan fingerprint density at radius 2 is 0.570 bits per heavy atom. The molecule has 632 valence electrons. The summed E-state index contributed by atoms with van der Waals surface area (Å²) < 4.78 is 27.6. The summed E-state index contributed by atoms with van der Waals surface area (Å²) in [5, 5.41) is 44.9. The zero-order valence-electron chi connectivity index (χ0n) is 67.9. The van der Waals surface area contributed by atoms with Crippen LogP contribution >= 0.6 is 0 Å². The van der Waals surface area contributed by atoms with Gasteiger partial charge in [-0.15, -0.1) is 0 Å². The fourth-order valence-corrected chi connectivity index (χ4v) is 10.0. The van der Waals surface area contributed by atoms with Crippen LogP contribution in [0.25, 0.3) is 0 Å². The molecule has 0 rings (SSSR count). The summed E-state index contributed by atoms with van der Waals surface area (Å²) in [5.41, 5.74) is 38.8. The summed E-state index contributed by atoms with van der Waals surface area (Å²) in [6.45, 7) is 35.3. The van der Waals surface area contributed by atoms with Gasteiger partial charge in [0.15, 0.2) is 0 Å². The van der Waals surface area contributed by atoms with Crippen molar-refractivity contribution in [1.82, 2.24) is 68.3 Å². The van der Waals surface area contributed by atoms with Gasteiger partial charge in [-0.25, -0.2) is 24.0 Å². The molecule has 0 aliphatic carbocycles. The standard InChI is InChI=1S/2C29H62N8O4.C18H38N4O3/c1-3-12-27(41-29(39)37(24-11-16-33)22-7-5-18-35-20-9-14-31)26(2)25-40-28(38)36(23-10-15-32)21-6-4-17-34-19-8-13-30;1-3-12-27(41-29(39)37-24-11-22-35-18-7-5-16-33-20-9-14-31)26(2)25-40-28(38)36-23-10-21-34-17-6-4-15-32-19-8-13-30;1-3-8-17(23)16(2)15-25-18(24)22-14-7-13-21-11-5-4-10-20-12-6-9-19/h3,12,26-27,34-35H,4-11,13-25,30-33H2,1-2H3;3,12,26-27,32-35H,4-11,13-25,30-31H2,1-2H3,(H,36,38)(H,37,39);3,8,16-17,20-21,23H,4-7,9-15,19H2,1-2H3,(H,22,24)/b2*12-3+;8-3+/t2*26-,27+;16-,17+/m000/s1. The minimum absolute atomic E-state index is 0.117. The van der Waals surface area contributed by atoms with Crippen LogP contribution in [0.15, 0.2) is 36.5 Å². The Morgan fingerprint density at radius 3 is 0.897 bits per heavy atom. The minimum atomic E-state index is -0.585. The molecule has 0 radical (unpaired) electrons. The molecule has 0 unspecified atom stereocenters. The van der Waals surface area contributed by atoms with E-state index in [1.54, 1.807) is 28.0 Å². The van der Waals surface area contributed by atoms with Crippen molar-refractivity contribution in [3.63, 3.8) is 0 Å². The van der Waals surface area contributed by atoms with Gasteiger partial charge in [0.2, 0.25) is 0 Å². The highest BCUT2D eigenvalue weighted by Gasteiger charge is 2.26. The van der Waals surface area contributed by atoms with Gasteiger partial charge >= 0.3 is 30.5 Å². The van der Waals surface area contributed by atoms with Gasteiger partial charge in [-0.1, -0.05) is 45.1 Å². The zero-order chi connectivity index (χ0) is 79.5. The Morgan fingerprint density at radius 1 is 0.308 bits per heavy atom. The van der Waals surface area contributed by atoms with E-state index >= 15 is 0 Å². The lowest BCUT2D eigenvalue weighted by molar-refractivity contribution is 0.0321. The Labute approximate surface area is 647 Å². The molecule has 0 aliphatic rings. The predicted octanol–water partition coefficient (Wildman–Crippen LogP) is 3.98. The minimum Gasteiger partial charge on any atom is -0.449 e. The largest absolute Gasteiger partial charge is 0.449 e. The lowest BCUT2D eigenvalue weighted by atomic mass is 10.1. The van der Waals surface area contributed by atoms with Crippen molar-refractivity contribution in [3.05, 3.63) is 36.5 Å². The molecule has 0 bridgehead atoms. The van der Waals surface area contributed by atoms with Gasteiger partial charge in [-0.2, -0.15) is 0 Å². The highest BCUT2D eigenvalue weighted by Crippen LogP contribution is 2.16. The van der Waals surface area contributed by atoms with Crippen molar-refractivity contribution in [2.24, 2.45) is 57.9 Å². The van der Waals surface area contributed by atoms with E-state index in [4.69, 9.17) is 63.8 Å². The number of rotatable bonds is 72. The van der Waals surface area contributed by atoms with Crippen molar-refractivity contribution in [3.8, 4) is 0 Å². The monoisotopic (exact) mass is 1530 g/mol. The number of allylic oxidation sites excluding steroid dienone is 3. The van der Waals surface area contributed by atoms with E-state index in [1.807, 2.05) is 59.8 Å². The van der Waals surface area contributed by atoms with Crippen molar-refractivity contribution >= 4 is 30.5 Å². The summed E-state index contributed by atoms with van der Waals surface area (Å²) in [6, 6.07) is 0. The number of nitrogens with zero attached hydrogens (tertiary/aromatic N) is 2. The average molecular weight is 1530 g/mol. The van der Waals surface area contributed by atoms with Crippen LogP contribution in [0.2, 0.25) is 0 Å². The van der Waals surface area contributed by atoms with Crippen LogP contribution in [0.5, 0.6) is 0 Å². The first-order valence-corrected chi connectivity index (χ1v) is 40.9. The number of amides is 5. The topological polar surface area (TPSA) is 473 Å². The molecule has 0 heterocycles. The van der Waals surface area contributed by atoms with E-state index < -0.39 is 36.6 Å². The van der Waals surface area contributed by atoms with Gasteiger partial charge in [-0.3, -0.25) is 0 Å². The second-order valence-electron chi connectivity index (χ2n) is 26.8. The number of aliphatic hydroxyl groups excluding tert-OH is 1. The highest BCUT2D eigenvalue weighted by atomic mass is 16.6. The van der Waals surface area contributed by atoms with Crippen LogP contribution in [-0.4, -0.2) is 280 Å². The smallest absolute Gasteiger partial charge is 0.410 e. The number of nitrogens with two attached hydrogens (primary N) is 7. The molecule has 0 saturated carbocycles. The van der Waals surface area contributed by atoms with E-state index in [1.165, 1.54) is 0 Å². The van der Waals surface area contributed by atoms with Gasteiger partial charge in [-0.05, 0) is 312 Å². The molecule has 5 amide bonds. The van der Waals surface area contributed by atoms with Gasteiger partial charge in [0.1, 0.15) is 12.2 Å². The average Bonchev–Trinajstić information content (AvgIpc) is 0.882. The van der Waals surface area contributed by atoms with E-state index in [2.05, 4.69) is 58.5 Å². The summed E-state index contributed by atoms with van der Waals surface area (Å²) >= 11 is 0. The first-order valence-electron chi connectivity index (χ1n) is 40.9. The summed E-state index contributed by atoms with van der Waals surface area (Å²) in [7, 11) is 0. The molecule has 0 fully saturated rings. The fraction of sp³-hybridized carbons (Fsp3) is 0.855. The highest BCUT2D eigenvalue weighted by molar-refractivity contribution is 5.69. The molecule has 6 atom stereocenters. The number of aliphatic hydroxyl groups is 1. The van der Waals surface area contributed by atoms with Gasteiger partial charge < -0.3 is 137 Å². The van der Waals surface area contributed by atoms with Gasteiger partial charge in [0.25, 0.3) is 0 Å². The van der Waals surface area contributed by atoms with Crippen LogP contribution in [0.4, 0.5) is 24.0 Å². The van der Waals surface area contributed by atoms with E-state index in [0.29, 0.717) is 84.8 Å². The number of hydrogen-bond donors (Lipinski definition) is 19. The molecule has 0 spiro atoms. The second kappa shape index (κ2) is 84.9. The molecule has 31 heteroatoms. The normalized spacial score (nSPS) is 13.0. The second-order valence-corrected chi connectivity index (χ2v) is 26.8. The molecule has 31 nitrogen and oxygen atoms in total. The Bertz CT molecular complexity index is 2050. The van der Waals surface area contributed by atoms with Crippen LogP contribution in [0.1, 0.15) is 170 Å². The van der Waals surface area contributed by atoms with Crippen molar-refractivity contribution in [2.45, 2.75) is 188 Å². The third-order valence-electron chi connectivity index (χ3n) is 16.7. The lowest BCUT2D eigenvalue weighted by Gasteiger charge is -2.28. The molecule has 0 aliphatic heterocycles.